The van der Waals surface area contributed by atoms with Gasteiger partial charge in [0, 0.05) is 24.3 Å². The minimum absolute atomic E-state index is 0.122. The van der Waals surface area contributed by atoms with E-state index in [1.165, 1.54) is 4.90 Å². The van der Waals surface area contributed by atoms with Crippen LogP contribution in [0.15, 0.2) is 66.7 Å². The van der Waals surface area contributed by atoms with Gasteiger partial charge >= 0.3 is 0 Å². The summed E-state index contributed by atoms with van der Waals surface area (Å²) in [6.45, 7) is 6.26. The van der Waals surface area contributed by atoms with Gasteiger partial charge < -0.3 is 4.90 Å². The molecule has 0 aliphatic carbocycles. The van der Waals surface area contributed by atoms with Crippen molar-refractivity contribution in [3.63, 3.8) is 0 Å². The van der Waals surface area contributed by atoms with E-state index in [9.17, 15) is 14.4 Å². The van der Waals surface area contributed by atoms with Gasteiger partial charge in [0.2, 0.25) is 0 Å². The van der Waals surface area contributed by atoms with Crippen LogP contribution in [0.25, 0.3) is 0 Å². The number of carbonyl (C=O) groups is 3. The molecule has 0 saturated heterocycles. The summed E-state index contributed by atoms with van der Waals surface area (Å²) in [7, 11) is 0. The van der Waals surface area contributed by atoms with E-state index >= 15 is 0 Å². The van der Waals surface area contributed by atoms with E-state index in [1.54, 1.807) is 41.3 Å². The van der Waals surface area contributed by atoms with Crippen LogP contribution in [0.3, 0.4) is 0 Å². The maximum Gasteiger partial charge on any atom is 0.261 e. The second kappa shape index (κ2) is 8.19. The summed E-state index contributed by atoms with van der Waals surface area (Å²) in [5.74, 6) is -0.795. The lowest BCUT2D eigenvalue weighted by Crippen LogP contribution is -2.41. The van der Waals surface area contributed by atoms with Gasteiger partial charge in [-0.05, 0) is 56.7 Å². The molecule has 0 aromatic heterocycles. The maximum absolute atomic E-state index is 13.4. The first-order valence-corrected chi connectivity index (χ1v) is 10.3. The SMILES string of the molecule is Cc1ccc(C(=O)N(CCN2C(=O)c3ccccc3C2=O)c2ccc(C)cc2C)cc1. The molecule has 5 nitrogen and oxygen atoms in total. The van der Waals surface area contributed by atoms with Crippen molar-refractivity contribution in [1.29, 1.82) is 0 Å². The van der Waals surface area contributed by atoms with E-state index in [2.05, 4.69) is 0 Å². The first-order valence-electron chi connectivity index (χ1n) is 10.3. The van der Waals surface area contributed by atoms with Gasteiger partial charge in [-0.3, -0.25) is 19.3 Å². The number of rotatable bonds is 5. The van der Waals surface area contributed by atoms with Crippen molar-refractivity contribution in [2.24, 2.45) is 0 Å². The van der Waals surface area contributed by atoms with Gasteiger partial charge in [0.05, 0.1) is 11.1 Å². The summed E-state index contributed by atoms with van der Waals surface area (Å²) in [6, 6.07) is 20.1. The highest BCUT2D eigenvalue weighted by molar-refractivity contribution is 6.21. The predicted octanol–water partition coefficient (Wildman–Crippen LogP) is 4.55. The highest BCUT2D eigenvalue weighted by atomic mass is 16.2. The van der Waals surface area contributed by atoms with Gasteiger partial charge in [-0.2, -0.15) is 0 Å². The number of aryl methyl sites for hydroxylation is 3. The minimum atomic E-state index is -0.316. The molecule has 3 aromatic carbocycles. The number of carbonyl (C=O) groups excluding carboxylic acids is 3. The van der Waals surface area contributed by atoms with Crippen LogP contribution in [-0.2, 0) is 0 Å². The Morgan fingerprint density at radius 2 is 1.39 bits per heavy atom. The van der Waals surface area contributed by atoms with Gasteiger partial charge in [0.25, 0.3) is 17.7 Å². The molecule has 0 atom stereocenters. The number of fused-ring (bicyclic) bond motifs is 1. The van der Waals surface area contributed by atoms with E-state index in [4.69, 9.17) is 0 Å². The summed E-state index contributed by atoms with van der Waals surface area (Å²) < 4.78 is 0. The Kier molecular flexibility index (Phi) is 5.42. The molecular formula is C26H24N2O3. The molecule has 156 valence electrons. The maximum atomic E-state index is 13.4. The highest BCUT2D eigenvalue weighted by Gasteiger charge is 2.35. The Bertz CT molecular complexity index is 1150. The predicted molar refractivity (Wildman–Crippen MR) is 121 cm³/mol. The topological polar surface area (TPSA) is 57.7 Å². The number of anilines is 1. The van der Waals surface area contributed by atoms with Crippen LogP contribution in [0.5, 0.6) is 0 Å². The van der Waals surface area contributed by atoms with Crippen molar-refractivity contribution in [1.82, 2.24) is 4.90 Å². The van der Waals surface area contributed by atoms with Crippen molar-refractivity contribution in [3.8, 4) is 0 Å². The van der Waals surface area contributed by atoms with Crippen LogP contribution >= 0.6 is 0 Å². The van der Waals surface area contributed by atoms with Crippen molar-refractivity contribution < 1.29 is 14.4 Å². The molecular weight excluding hydrogens is 388 g/mol. The van der Waals surface area contributed by atoms with Gasteiger partial charge in [-0.15, -0.1) is 0 Å². The van der Waals surface area contributed by atoms with E-state index in [-0.39, 0.29) is 30.8 Å². The number of hydrogen-bond donors (Lipinski definition) is 0. The fourth-order valence-electron chi connectivity index (χ4n) is 3.93. The van der Waals surface area contributed by atoms with Crippen LogP contribution in [0.4, 0.5) is 5.69 Å². The first kappa shape index (κ1) is 20.5. The number of benzene rings is 3. The zero-order valence-corrected chi connectivity index (χ0v) is 17.9. The van der Waals surface area contributed by atoms with Gasteiger partial charge in [0.15, 0.2) is 0 Å². The van der Waals surface area contributed by atoms with Crippen LogP contribution in [0.1, 0.15) is 47.8 Å². The molecule has 0 radical (unpaired) electrons. The molecule has 1 aliphatic heterocycles. The average molecular weight is 412 g/mol. The molecule has 1 aliphatic rings. The molecule has 0 spiro atoms. The molecule has 3 aromatic rings. The summed E-state index contributed by atoms with van der Waals surface area (Å²) in [4.78, 5) is 41.8. The lowest BCUT2D eigenvalue weighted by Gasteiger charge is -2.27. The minimum Gasteiger partial charge on any atom is -0.306 e. The van der Waals surface area contributed by atoms with Crippen LogP contribution < -0.4 is 4.90 Å². The lowest BCUT2D eigenvalue weighted by molar-refractivity contribution is 0.0654. The Hall–Kier alpha value is -3.73. The summed E-state index contributed by atoms with van der Waals surface area (Å²) in [5.41, 5.74) is 5.29. The smallest absolute Gasteiger partial charge is 0.261 e. The molecule has 3 amide bonds. The van der Waals surface area contributed by atoms with Gasteiger partial charge in [0.1, 0.15) is 0 Å². The molecule has 0 N–H and O–H groups in total. The van der Waals surface area contributed by atoms with E-state index < -0.39 is 0 Å². The third-order valence-corrected chi connectivity index (χ3v) is 5.61. The Balaban J connectivity index is 1.64. The molecule has 31 heavy (non-hydrogen) atoms. The Morgan fingerprint density at radius 1 is 0.806 bits per heavy atom. The zero-order chi connectivity index (χ0) is 22.1. The third-order valence-electron chi connectivity index (χ3n) is 5.61. The fraction of sp³-hybridized carbons (Fsp3) is 0.192. The number of imide groups is 1. The quantitative estimate of drug-likeness (QED) is 0.578. The molecule has 0 saturated carbocycles. The normalized spacial score (nSPS) is 12.8. The molecule has 1 heterocycles. The lowest BCUT2D eigenvalue weighted by atomic mass is 10.1. The summed E-state index contributed by atoms with van der Waals surface area (Å²) in [6.07, 6.45) is 0. The van der Waals surface area contributed by atoms with E-state index in [0.717, 1.165) is 22.4 Å². The van der Waals surface area contributed by atoms with Crippen molar-refractivity contribution in [3.05, 3.63) is 100 Å². The van der Waals surface area contributed by atoms with Crippen molar-refractivity contribution >= 4 is 23.4 Å². The zero-order valence-electron chi connectivity index (χ0n) is 17.9. The molecule has 0 fully saturated rings. The second-order valence-electron chi connectivity index (χ2n) is 7.92. The summed E-state index contributed by atoms with van der Waals surface area (Å²) in [5, 5.41) is 0. The van der Waals surface area contributed by atoms with Crippen LogP contribution in [-0.4, -0.2) is 35.7 Å². The third kappa shape index (κ3) is 3.87. The number of hydrogen-bond acceptors (Lipinski definition) is 3. The molecule has 4 rings (SSSR count). The van der Waals surface area contributed by atoms with Crippen LogP contribution in [0, 0.1) is 20.8 Å². The summed E-state index contributed by atoms with van der Waals surface area (Å²) >= 11 is 0. The number of nitrogens with zero attached hydrogens (tertiary/aromatic N) is 2. The van der Waals surface area contributed by atoms with Crippen molar-refractivity contribution in [2.75, 3.05) is 18.0 Å². The van der Waals surface area contributed by atoms with Crippen LogP contribution in [0.2, 0.25) is 0 Å². The highest BCUT2D eigenvalue weighted by Crippen LogP contribution is 2.26. The molecule has 0 bridgehead atoms. The fourth-order valence-corrected chi connectivity index (χ4v) is 3.93. The first-order chi connectivity index (χ1) is 14.9. The van der Waals surface area contributed by atoms with Crippen molar-refractivity contribution in [2.45, 2.75) is 20.8 Å². The van der Waals surface area contributed by atoms with Gasteiger partial charge in [-0.1, -0.05) is 47.5 Å². The standard InChI is InChI=1S/C26H24N2O3/c1-17-8-11-20(12-9-17)24(29)27(23-13-10-18(2)16-19(23)3)14-15-28-25(30)21-6-4-5-7-22(21)26(28)31/h4-13,16H,14-15H2,1-3H3. The Morgan fingerprint density at radius 3 is 1.97 bits per heavy atom. The average Bonchev–Trinajstić information content (AvgIpc) is 3.00. The monoisotopic (exact) mass is 412 g/mol. The van der Waals surface area contributed by atoms with E-state index in [1.807, 2.05) is 51.1 Å². The molecule has 5 heteroatoms. The van der Waals surface area contributed by atoms with E-state index in [0.29, 0.717) is 16.7 Å². The molecule has 0 unspecified atom stereocenters. The largest absolute Gasteiger partial charge is 0.306 e. The second-order valence-corrected chi connectivity index (χ2v) is 7.92. The van der Waals surface area contributed by atoms with Gasteiger partial charge in [-0.25, -0.2) is 0 Å². The number of amides is 3. The Labute approximate surface area is 181 Å².